The number of nitrogens with zero attached hydrogens (tertiary/aromatic N) is 2. The highest BCUT2D eigenvalue weighted by Crippen LogP contribution is 2.61. The molecule has 10 nitrogen and oxygen atoms in total. The minimum Gasteiger partial charge on any atom is -0.394 e. The van der Waals surface area contributed by atoms with Crippen LogP contribution in [0.3, 0.4) is 0 Å². The van der Waals surface area contributed by atoms with Crippen LogP contribution in [0, 0.1) is 52.8 Å². The molecule has 6 unspecified atom stereocenters. The molecule has 6 rings (SSSR count). The fraction of sp³-hybridized carbons (Fsp3) is 0.946. The molecular weight excluding hydrogens is 628 g/mol. The number of thioether (sulfide) groups is 1. The summed E-state index contributed by atoms with van der Waals surface area (Å²) in [4.78, 5) is 36.2. The molecular formula is C37H66N4O6S. The van der Waals surface area contributed by atoms with Crippen LogP contribution < -0.4 is 10.6 Å². The molecule has 2 amide bonds. The molecule has 5 aliphatic carbocycles. The molecule has 1 aliphatic heterocycles. The van der Waals surface area contributed by atoms with Gasteiger partial charge >= 0.3 is 0 Å². The van der Waals surface area contributed by atoms with Crippen LogP contribution in [0.1, 0.15) is 79.1 Å². The van der Waals surface area contributed by atoms with E-state index in [0.717, 1.165) is 50.7 Å². The summed E-state index contributed by atoms with van der Waals surface area (Å²) in [5.74, 6) is 2.81. The SMILES string of the molecule is COC1C(CN2O[C@@H](CO)[C@@H]([C@H](C)O)[C@H]2C(=O)N[C@H]2C[C@H]3C[C@@H]([C@@H]2C)C3(C)C)CCCC1C1CC(C(=O)NCCSC)CC(N(C)C)C1. The molecule has 5 saturated carbocycles. The average Bonchev–Trinajstić information content (AvgIpc) is 3.43. The largest absolute Gasteiger partial charge is 0.394 e. The molecule has 0 spiro atoms. The van der Waals surface area contributed by atoms with Crippen molar-refractivity contribution in [3.8, 4) is 0 Å². The first-order chi connectivity index (χ1) is 22.8. The van der Waals surface area contributed by atoms with E-state index < -0.39 is 24.2 Å². The number of hydrogen-bond donors (Lipinski definition) is 4. The zero-order valence-electron chi connectivity index (χ0n) is 30.9. The van der Waals surface area contributed by atoms with E-state index in [2.05, 4.69) is 56.7 Å². The van der Waals surface area contributed by atoms with E-state index in [9.17, 15) is 19.8 Å². The van der Waals surface area contributed by atoms with Crippen LogP contribution in [0.4, 0.5) is 0 Å². The molecule has 0 radical (unpaired) electrons. The third-order valence-corrected chi connectivity index (χ3v) is 14.4. The molecule has 6 fully saturated rings. The maximum atomic E-state index is 14.2. The number of aliphatic hydroxyl groups excluding tert-OH is 2. The van der Waals surface area contributed by atoms with Gasteiger partial charge in [0.1, 0.15) is 12.1 Å². The van der Waals surface area contributed by atoms with Gasteiger partial charge in [0.25, 0.3) is 0 Å². The zero-order chi connectivity index (χ0) is 34.9. The third-order valence-electron chi connectivity index (χ3n) is 13.8. The second kappa shape index (κ2) is 16.2. The molecule has 1 heterocycles. The predicted molar refractivity (Wildman–Crippen MR) is 190 cm³/mol. The van der Waals surface area contributed by atoms with Gasteiger partial charge in [-0.15, -0.1) is 0 Å². The lowest BCUT2D eigenvalue weighted by Crippen LogP contribution is -2.62. The summed E-state index contributed by atoms with van der Waals surface area (Å²) in [7, 11) is 6.05. The molecule has 0 aromatic heterocycles. The summed E-state index contributed by atoms with van der Waals surface area (Å²) >= 11 is 1.74. The Kier molecular flexibility index (Phi) is 12.9. The first-order valence-corrected chi connectivity index (χ1v) is 20.2. The van der Waals surface area contributed by atoms with Crippen LogP contribution in [0.25, 0.3) is 0 Å². The van der Waals surface area contributed by atoms with Crippen molar-refractivity contribution in [3.05, 3.63) is 0 Å². The molecule has 0 aromatic rings. The first kappa shape index (κ1) is 38.3. The Hall–Kier alpha value is -0.950. The Morgan fingerprint density at radius 2 is 1.88 bits per heavy atom. The van der Waals surface area contributed by atoms with Gasteiger partial charge in [-0.1, -0.05) is 27.2 Å². The van der Waals surface area contributed by atoms with E-state index in [-0.39, 0.29) is 42.4 Å². The number of fused-ring (bicyclic) bond motifs is 2. The first-order valence-electron chi connectivity index (χ1n) is 18.8. The number of carbonyl (C=O) groups is 2. The number of amides is 2. The molecule has 11 heteroatoms. The highest BCUT2D eigenvalue weighted by molar-refractivity contribution is 7.98. The Labute approximate surface area is 294 Å². The maximum Gasteiger partial charge on any atom is 0.240 e. The van der Waals surface area contributed by atoms with Crippen LogP contribution in [0.5, 0.6) is 0 Å². The van der Waals surface area contributed by atoms with Gasteiger partial charge in [-0.3, -0.25) is 14.4 Å². The van der Waals surface area contributed by atoms with Crippen molar-refractivity contribution in [2.75, 3.05) is 52.9 Å². The van der Waals surface area contributed by atoms with Gasteiger partial charge in [0, 0.05) is 55.8 Å². The van der Waals surface area contributed by atoms with Gasteiger partial charge in [-0.25, -0.2) is 0 Å². The van der Waals surface area contributed by atoms with Crippen LogP contribution in [-0.2, 0) is 19.2 Å². The Bertz CT molecular complexity index is 1090. The summed E-state index contributed by atoms with van der Waals surface area (Å²) < 4.78 is 6.35. The predicted octanol–water partition coefficient (Wildman–Crippen LogP) is 3.40. The van der Waals surface area contributed by atoms with Gasteiger partial charge in [0.15, 0.2) is 0 Å². The molecule has 0 aromatic carbocycles. The van der Waals surface area contributed by atoms with E-state index in [4.69, 9.17) is 9.57 Å². The maximum absolute atomic E-state index is 14.2. The van der Waals surface area contributed by atoms with Gasteiger partial charge in [-0.2, -0.15) is 16.8 Å². The highest BCUT2D eigenvalue weighted by atomic mass is 32.2. The van der Waals surface area contributed by atoms with Gasteiger partial charge in [0.05, 0.1) is 18.8 Å². The van der Waals surface area contributed by atoms with Crippen molar-refractivity contribution in [3.63, 3.8) is 0 Å². The molecule has 1 saturated heterocycles. The summed E-state index contributed by atoms with van der Waals surface area (Å²) in [6, 6.07) is -0.254. The molecule has 14 atom stereocenters. The standard InChI is InChI=1S/C37H66N4O6S/c1-21-29-17-26(37(29,3)4)18-30(21)39-36(45)33-32(22(2)43)31(20-42)47-41(33)19-23-10-9-11-28(34(23)46-7)24-14-25(16-27(15-24)40(5)6)35(44)38-12-13-48-8/h21-34,42-43H,9-20H2,1-8H3,(H,38,44)(H,39,45)/t21-,22-,23?,24?,25?,26+,27?,28?,29-,30-,31-,32+,33-,34?/m0/s1. The lowest BCUT2D eigenvalue weighted by molar-refractivity contribution is -0.193. The minimum absolute atomic E-state index is 0.0122. The Morgan fingerprint density at radius 3 is 2.48 bits per heavy atom. The van der Waals surface area contributed by atoms with Crippen molar-refractivity contribution < 1.29 is 29.4 Å². The highest BCUT2D eigenvalue weighted by Gasteiger charge is 2.58. The van der Waals surface area contributed by atoms with Crippen molar-refractivity contribution >= 4 is 23.6 Å². The van der Waals surface area contributed by atoms with Crippen molar-refractivity contribution in [1.82, 2.24) is 20.6 Å². The molecule has 2 bridgehead atoms. The van der Waals surface area contributed by atoms with E-state index in [1.165, 1.54) is 6.42 Å². The lowest BCUT2D eigenvalue weighted by atomic mass is 9.45. The van der Waals surface area contributed by atoms with E-state index >= 15 is 0 Å². The normalized spacial score (nSPS) is 41.9. The Balaban J connectivity index is 1.31. The lowest BCUT2D eigenvalue weighted by Gasteiger charge is -2.62. The Morgan fingerprint density at radius 1 is 1.12 bits per heavy atom. The van der Waals surface area contributed by atoms with Gasteiger partial charge in [0.2, 0.25) is 11.8 Å². The molecule has 48 heavy (non-hydrogen) atoms. The third kappa shape index (κ3) is 7.77. The quantitative estimate of drug-likeness (QED) is 0.215. The van der Waals surface area contributed by atoms with Crippen molar-refractivity contribution in [2.24, 2.45) is 52.8 Å². The van der Waals surface area contributed by atoms with Crippen molar-refractivity contribution in [1.29, 1.82) is 0 Å². The smallest absolute Gasteiger partial charge is 0.240 e. The van der Waals surface area contributed by atoms with Crippen LogP contribution in [0.2, 0.25) is 0 Å². The van der Waals surface area contributed by atoms with Gasteiger partial charge in [-0.05, 0) is 107 Å². The van der Waals surface area contributed by atoms with E-state index in [1.54, 1.807) is 30.9 Å². The second-order valence-electron chi connectivity index (χ2n) is 16.9. The summed E-state index contributed by atoms with van der Waals surface area (Å²) in [6.45, 7) is 9.63. The molecule has 4 N–H and O–H groups in total. The summed E-state index contributed by atoms with van der Waals surface area (Å²) in [5.41, 5.74) is 0.322. The molecule has 6 aliphatic rings. The summed E-state index contributed by atoms with van der Waals surface area (Å²) in [5, 5.41) is 29.6. The fourth-order valence-corrected chi connectivity index (χ4v) is 11.1. The van der Waals surface area contributed by atoms with Crippen LogP contribution in [0.15, 0.2) is 0 Å². The number of ether oxygens (including phenoxy) is 1. The number of methoxy groups -OCH3 is 1. The zero-order valence-corrected chi connectivity index (χ0v) is 31.7. The van der Waals surface area contributed by atoms with Crippen molar-refractivity contribution in [2.45, 2.75) is 115 Å². The van der Waals surface area contributed by atoms with E-state index in [1.807, 2.05) is 0 Å². The van der Waals surface area contributed by atoms with Gasteiger partial charge < -0.3 is 30.5 Å². The van der Waals surface area contributed by atoms with E-state index in [0.29, 0.717) is 54.1 Å². The number of aliphatic hydroxyl groups is 2. The minimum atomic E-state index is -0.819. The number of hydrogen-bond acceptors (Lipinski definition) is 9. The fourth-order valence-electron chi connectivity index (χ4n) is 10.8. The number of carbonyl (C=O) groups excluding carboxylic acids is 2. The van der Waals surface area contributed by atoms with Crippen LogP contribution in [-0.4, -0.2) is 121 Å². The number of nitrogens with one attached hydrogen (secondary N) is 2. The monoisotopic (exact) mass is 694 g/mol. The van der Waals surface area contributed by atoms with Crippen LogP contribution >= 0.6 is 11.8 Å². The number of hydroxylamine groups is 2. The molecule has 276 valence electrons. The second-order valence-corrected chi connectivity index (χ2v) is 17.9. The summed E-state index contributed by atoms with van der Waals surface area (Å²) in [6.07, 6.45) is 8.62. The topological polar surface area (TPSA) is 124 Å². The number of rotatable bonds is 13. The average molecular weight is 695 g/mol.